The van der Waals surface area contributed by atoms with Gasteiger partial charge < -0.3 is 10.2 Å². The molecule has 1 unspecified atom stereocenters. The molecule has 0 bridgehead atoms. The largest absolute Gasteiger partial charge is 0.313 e. The van der Waals surface area contributed by atoms with Crippen LogP contribution in [0.2, 0.25) is 0 Å². The minimum absolute atomic E-state index is 0.148. The van der Waals surface area contributed by atoms with E-state index in [1.807, 2.05) is 13.1 Å². The zero-order valence-corrected chi connectivity index (χ0v) is 13.6. The van der Waals surface area contributed by atoms with Crippen LogP contribution in [-0.2, 0) is 0 Å². The number of rotatable bonds is 6. The van der Waals surface area contributed by atoms with Crippen LogP contribution in [0.3, 0.4) is 0 Å². The predicted molar refractivity (Wildman–Crippen MR) is 86.8 cm³/mol. The Morgan fingerprint density at radius 2 is 2.00 bits per heavy atom. The smallest absolute Gasteiger partial charge is 0.123 e. The van der Waals surface area contributed by atoms with Gasteiger partial charge in [-0.05, 0) is 75.5 Å². The molecule has 1 aromatic rings. The van der Waals surface area contributed by atoms with Gasteiger partial charge in [0.25, 0.3) is 0 Å². The third kappa shape index (κ3) is 4.79. The molecular formula is C18H29FN2. The Morgan fingerprint density at radius 3 is 2.57 bits per heavy atom. The molecule has 1 aliphatic rings. The molecule has 21 heavy (non-hydrogen) atoms. The average Bonchev–Trinajstić information content (AvgIpc) is 2.48. The third-order valence-corrected chi connectivity index (χ3v) is 4.91. The Kier molecular flexibility index (Phi) is 6.19. The van der Waals surface area contributed by atoms with Crippen LogP contribution in [0.5, 0.6) is 0 Å². The number of nitrogens with one attached hydrogen (secondary N) is 1. The summed E-state index contributed by atoms with van der Waals surface area (Å²) in [6, 6.07) is 7.20. The molecule has 0 radical (unpaired) electrons. The summed E-state index contributed by atoms with van der Waals surface area (Å²) in [5.74, 6) is 1.56. The zero-order valence-electron chi connectivity index (χ0n) is 13.6. The van der Waals surface area contributed by atoms with Crippen LogP contribution in [0.25, 0.3) is 0 Å². The van der Waals surface area contributed by atoms with Crippen molar-refractivity contribution in [2.75, 3.05) is 26.7 Å². The summed E-state index contributed by atoms with van der Waals surface area (Å²) in [5, 5.41) is 3.32. The number of nitrogens with zero attached hydrogens (tertiary/aromatic N) is 1. The van der Waals surface area contributed by atoms with Crippen LogP contribution in [0.1, 0.15) is 44.7 Å². The number of hydrogen-bond acceptors (Lipinski definition) is 2. The lowest BCUT2D eigenvalue weighted by molar-refractivity contribution is 0.153. The Balaban J connectivity index is 1.82. The van der Waals surface area contributed by atoms with Crippen LogP contribution in [0.4, 0.5) is 4.39 Å². The van der Waals surface area contributed by atoms with Crippen molar-refractivity contribution in [3.05, 3.63) is 35.6 Å². The first kappa shape index (κ1) is 16.4. The second-order valence-electron chi connectivity index (χ2n) is 6.61. The van der Waals surface area contributed by atoms with Gasteiger partial charge >= 0.3 is 0 Å². The SMILES string of the molecule is CNC(CCN1CCC(C(C)C)CC1)c1cccc(F)c1. The predicted octanol–water partition coefficient (Wildman–Crippen LogP) is 3.84. The van der Waals surface area contributed by atoms with E-state index in [1.54, 1.807) is 12.1 Å². The van der Waals surface area contributed by atoms with Crippen molar-refractivity contribution in [1.82, 2.24) is 10.2 Å². The van der Waals surface area contributed by atoms with Gasteiger partial charge in [0.05, 0.1) is 0 Å². The molecule has 0 amide bonds. The fraction of sp³-hybridized carbons (Fsp3) is 0.667. The summed E-state index contributed by atoms with van der Waals surface area (Å²) in [7, 11) is 1.96. The molecule has 0 spiro atoms. The summed E-state index contributed by atoms with van der Waals surface area (Å²) in [5.41, 5.74) is 1.05. The topological polar surface area (TPSA) is 15.3 Å². The molecule has 1 N–H and O–H groups in total. The van der Waals surface area contributed by atoms with Gasteiger partial charge in [-0.25, -0.2) is 4.39 Å². The summed E-state index contributed by atoms with van der Waals surface area (Å²) >= 11 is 0. The van der Waals surface area contributed by atoms with Crippen LogP contribution >= 0.6 is 0 Å². The monoisotopic (exact) mass is 292 g/mol. The maximum atomic E-state index is 13.3. The first-order valence-corrected chi connectivity index (χ1v) is 8.25. The lowest BCUT2D eigenvalue weighted by Crippen LogP contribution is -2.37. The van der Waals surface area contributed by atoms with Crippen molar-refractivity contribution in [2.45, 2.75) is 39.2 Å². The van der Waals surface area contributed by atoms with E-state index in [1.165, 1.54) is 32.0 Å². The van der Waals surface area contributed by atoms with Gasteiger partial charge in [0.15, 0.2) is 0 Å². The Bertz CT molecular complexity index is 425. The highest BCUT2D eigenvalue weighted by atomic mass is 19.1. The number of piperidine rings is 1. The Morgan fingerprint density at radius 1 is 1.29 bits per heavy atom. The van der Waals surface area contributed by atoms with Crippen molar-refractivity contribution in [2.24, 2.45) is 11.8 Å². The number of hydrogen-bond donors (Lipinski definition) is 1. The minimum Gasteiger partial charge on any atom is -0.313 e. The van der Waals surface area contributed by atoms with Gasteiger partial charge in [0, 0.05) is 6.04 Å². The molecule has 0 aliphatic carbocycles. The summed E-state index contributed by atoms with van der Waals surface area (Å²) < 4.78 is 13.3. The van der Waals surface area contributed by atoms with Crippen molar-refractivity contribution in [3.8, 4) is 0 Å². The second-order valence-corrected chi connectivity index (χ2v) is 6.61. The van der Waals surface area contributed by atoms with E-state index in [0.29, 0.717) is 0 Å². The van der Waals surface area contributed by atoms with E-state index in [0.717, 1.165) is 30.4 Å². The first-order chi connectivity index (χ1) is 10.1. The van der Waals surface area contributed by atoms with E-state index in [4.69, 9.17) is 0 Å². The molecule has 1 aliphatic heterocycles. The first-order valence-electron chi connectivity index (χ1n) is 8.25. The quantitative estimate of drug-likeness (QED) is 0.857. The van der Waals surface area contributed by atoms with Gasteiger partial charge in [-0.1, -0.05) is 26.0 Å². The van der Waals surface area contributed by atoms with E-state index in [2.05, 4.69) is 24.1 Å². The molecule has 1 heterocycles. The van der Waals surface area contributed by atoms with Gasteiger partial charge in [-0.15, -0.1) is 0 Å². The zero-order chi connectivity index (χ0) is 15.2. The highest BCUT2D eigenvalue weighted by Gasteiger charge is 2.22. The Labute approximate surface area is 128 Å². The number of halogens is 1. The minimum atomic E-state index is -0.148. The normalized spacial score (nSPS) is 19.1. The standard InChI is InChI=1S/C18H29FN2/c1-14(2)15-7-10-21(11-8-15)12-9-18(20-3)16-5-4-6-17(19)13-16/h4-6,13-15,18,20H,7-12H2,1-3H3. The van der Waals surface area contributed by atoms with Crippen molar-refractivity contribution >= 4 is 0 Å². The average molecular weight is 292 g/mol. The van der Waals surface area contributed by atoms with Crippen LogP contribution in [0, 0.1) is 17.7 Å². The molecule has 0 saturated carbocycles. The molecular weight excluding hydrogens is 263 g/mol. The Hall–Kier alpha value is -0.930. The highest BCUT2D eigenvalue weighted by Crippen LogP contribution is 2.25. The van der Waals surface area contributed by atoms with Gasteiger partial charge in [0.2, 0.25) is 0 Å². The molecule has 118 valence electrons. The molecule has 1 saturated heterocycles. The summed E-state index contributed by atoms with van der Waals surface area (Å²) in [6.07, 6.45) is 3.68. The molecule has 1 fully saturated rings. The van der Waals surface area contributed by atoms with E-state index in [9.17, 15) is 4.39 Å². The lowest BCUT2D eigenvalue weighted by atomic mass is 9.86. The van der Waals surface area contributed by atoms with Crippen LogP contribution in [-0.4, -0.2) is 31.6 Å². The number of benzene rings is 1. The molecule has 1 aromatic carbocycles. The molecule has 2 rings (SSSR count). The third-order valence-electron chi connectivity index (χ3n) is 4.91. The van der Waals surface area contributed by atoms with Gasteiger partial charge in [0.1, 0.15) is 5.82 Å². The van der Waals surface area contributed by atoms with E-state index in [-0.39, 0.29) is 11.9 Å². The van der Waals surface area contributed by atoms with Crippen LogP contribution < -0.4 is 5.32 Å². The fourth-order valence-corrected chi connectivity index (χ4v) is 3.36. The maximum absolute atomic E-state index is 13.3. The molecule has 3 heteroatoms. The highest BCUT2D eigenvalue weighted by molar-refractivity contribution is 5.20. The van der Waals surface area contributed by atoms with Crippen molar-refractivity contribution < 1.29 is 4.39 Å². The van der Waals surface area contributed by atoms with Crippen molar-refractivity contribution in [3.63, 3.8) is 0 Å². The molecule has 1 atom stereocenters. The summed E-state index contributed by atoms with van der Waals surface area (Å²) in [6.45, 7) is 8.18. The molecule has 2 nitrogen and oxygen atoms in total. The fourth-order valence-electron chi connectivity index (χ4n) is 3.36. The van der Waals surface area contributed by atoms with Gasteiger partial charge in [-0.3, -0.25) is 0 Å². The van der Waals surface area contributed by atoms with E-state index < -0.39 is 0 Å². The number of likely N-dealkylation sites (tertiary alicyclic amines) is 1. The summed E-state index contributed by atoms with van der Waals surface area (Å²) in [4.78, 5) is 2.56. The van der Waals surface area contributed by atoms with E-state index >= 15 is 0 Å². The lowest BCUT2D eigenvalue weighted by Gasteiger charge is -2.34. The van der Waals surface area contributed by atoms with Crippen molar-refractivity contribution in [1.29, 1.82) is 0 Å². The van der Waals surface area contributed by atoms with Gasteiger partial charge in [-0.2, -0.15) is 0 Å². The van der Waals surface area contributed by atoms with Crippen LogP contribution in [0.15, 0.2) is 24.3 Å². The molecule has 0 aromatic heterocycles. The maximum Gasteiger partial charge on any atom is 0.123 e. The second kappa shape index (κ2) is 7.90.